The van der Waals surface area contributed by atoms with Gasteiger partial charge in [-0.3, -0.25) is 0 Å². The average Bonchev–Trinajstić information content (AvgIpc) is 1.72. The molecule has 0 aromatic carbocycles. The van der Waals surface area contributed by atoms with Gasteiger partial charge in [0.15, 0.2) is 0 Å². The second-order valence-corrected chi connectivity index (χ2v) is 1.09. The van der Waals surface area contributed by atoms with E-state index in [-0.39, 0.29) is 0 Å². The van der Waals surface area contributed by atoms with E-state index in [1.54, 1.807) is 6.08 Å². The molecule has 7 heavy (non-hydrogen) atoms. The zero-order chi connectivity index (χ0) is 5.70. The van der Waals surface area contributed by atoms with Crippen molar-refractivity contribution in [1.82, 2.24) is 0 Å². The maximum atomic E-state index is 5.00. The van der Waals surface area contributed by atoms with Crippen LogP contribution in [0.2, 0.25) is 0 Å². The molecule has 0 unspecified atom stereocenters. The van der Waals surface area contributed by atoms with E-state index in [4.69, 9.17) is 6.42 Å². The van der Waals surface area contributed by atoms with Crippen molar-refractivity contribution in [2.75, 3.05) is 0 Å². The molecule has 0 amide bonds. The van der Waals surface area contributed by atoms with Crippen molar-refractivity contribution in [1.29, 1.82) is 0 Å². The topological polar surface area (TPSA) is 0 Å². The summed E-state index contributed by atoms with van der Waals surface area (Å²) in [6, 6.07) is 0. The number of rotatable bonds is 1. The van der Waals surface area contributed by atoms with Crippen LogP contribution in [0.5, 0.6) is 0 Å². The molecule has 0 fully saturated rings. The molecule has 0 aromatic rings. The lowest BCUT2D eigenvalue weighted by Gasteiger charge is -1.78. The molecule has 0 radical (unpaired) electrons. The van der Waals surface area contributed by atoms with Gasteiger partial charge in [-0.15, -0.1) is 6.42 Å². The zero-order valence-corrected chi connectivity index (χ0v) is 4.44. The van der Waals surface area contributed by atoms with Crippen molar-refractivity contribution in [3.05, 3.63) is 24.3 Å². The number of terminal acetylenes is 1. The standard InChI is InChI=1S/C7H8/c1-4-7(5-2)6-3/h1,5-6H,2H2,3H3. The van der Waals surface area contributed by atoms with E-state index in [0.29, 0.717) is 0 Å². The Hall–Kier alpha value is -0.960. The van der Waals surface area contributed by atoms with Gasteiger partial charge in [0, 0.05) is 5.57 Å². The molecular formula is C7H8. The Bertz CT molecular complexity index is 121. The molecule has 0 bridgehead atoms. The van der Waals surface area contributed by atoms with Gasteiger partial charge in [-0.2, -0.15) is 0 Å². The molecule has 0 saturated heterocycles. The van der Waals surface area contributed by atoms with Crippen molar-refractivity contribution in [2.45, 2.75) is 6.92 Å². The summed E-state index contributed by atoms with van der Waals surface area (Å²) in [6.45, 7) is 5.38. The monoisotopic (exact) mass is 92.1 g/mol. The molecule has 0 aliphatic rings. The largest absolute Gasteiger partial charge is 0.115 e. The molecule has 0 heterocycles. The van der Waals surface area contributed by atoms with E-state index < -0.39 is 0 Å². The molecule has 0 rings (SSSR count). The van der Waals surface area contributed by atoms with E-state index in [1.165, 1.54) is 0 Å². The Morgan fingerprint density at radius 1 is 1.86 bits per heavy atom. The first-order valence-electron chi connectivity index (χ1n) is 2.10. The molecule has 0 aliphatic heterocycles. The van der Waals surface area contributed by atoms with Crippen molar-refractivity contribution >= 4 is 0 Å². The van der Waals surface area contributed by atoms with Crippen molar-refractivity contribution < 1.29 is 0 Å². The van der Waals surface area contributed by atoms with Crippen LogP contribution in [0.25, 0.3) is 0 Å². The highest BCUT2D eigenvalue weighted by Crippen LogP contribution is 1.88. The second kappa shape index (κ2) is 3.24. The lowest BCUT2D eigenvalue weighted by atomic mass is 10.3. The van der Waals surface area contributed by atoms with Crippen LogP contribution in [0.1, 0.15) is 6.92 Å². The highest BCUT2D eigenvalue weighted by molar-refractivity contribution is 5.33. The smallest absolute Gasteiger partial charge is 0.0194 e. The minimum atomic E-state index is 0.847. The molecule has 0 atom stereocenters. The molecular weight excluding hydrogens is 84.1 g/mol. The van der Waals surface area contributed by atoms with Gasteiger partial charge in [0.25, 0.3) is 0 Å². The van der Waals surface area contributed by atoms with Crippen LogP contribution in [0.3, 0.4) is 0 Å². The highest BCUT2D eigenvalue weighted by atomic mass is 13.8. The average molecular weight is 92.1 g/mol. The predicted molar refractivity (Wildman–Crippen MR) is 32.8 cm³/mol. The Kier molecular flexibility index (Phi) is 2.79. The van der Waals surface area contributed by atoms with Crippen LogP contribution >= 0.6 is 0 Å². The molecule has 0 nitrogen and oxygen atoms in total. The number of allylic oxidation sites excluding steroid dienone is 3. The second-order valence-electron chi connectivity index (χ2n) is 1.09. The van der Waals surface area contributed by atoms with Gasteiger partial charge in [-0.1, -0.05) is 24.7 Å². The van der Waals surface area contributed by atoms with Crippen LogP contribution in [0, 0.1) is 12.3 Å². The third kappa shape index (κ3) is 1.83. The van der Waals surface area contributed by atoms with Crippen molar-refractivity contribution in [2.24, 2.45) is 0 Å². The molecule has 0 spiro atoms. The van der Waals surface area contributed by atoms with Crippen LogP contribution in [-0.4, -0.2) is 0 Å². The lowest BCUT2D eigenvalue weighted by molar-refractivity contribution is 1.66. The fraction of sp³-hybridized carbons (Fsp3) is 0.143. The van der Waals surface area contributed by atoms with Gasteiger partial charge < -0.3 is 0 Å². The van der Waals surface area contributed by atoms with Crippen molar-refractivity contribution in [3.8, 4) is 12.3 Å². The molecule has 0 heteroatoms. The number of hydrogen-bond acceptors (Lipinski definition) is 0. The van der Waals surface area contributed by atoms with E-state index in [2.05, 4.69) is 12.5 Å². The van der Waals surface area contributed by atoms with Crippen LogP contribution in [-0.2, 0) is 0 Å². The van der Waals surface area contributed by atoms with Gasteiger partial charge in [0.1, 0.15) is 0 Å². The Labute approximate surface area is 44.5 Å². The first kappa shape index (κ1) is 6.04. The Balaban J connectivity index is 3.94. The fourth-order valence-corrected chi connectivity index (χ4v) is 0.260. The first-order chi connectivity index (χ1) is 3.35. The summed E-state index contributed by atoms with van der Waals surface area (Å²) in [4.78, 5) is 0. The summed E-state index contributed by atoms with van der Waals surface area (Å²) in [5, 5.41) is 0. The molecule has 36 valence electrons. The van der Waals surface area contributed by atoms with Gasteiger partial charge in [0.05, 0.1) is 0 Å². The minimum absolute atomic E-state index is 0.847. The maximum absolute atomic E-state index is 5.00. The van der Waals surface area contributed by atoms with Crippen LogP contribution in [0.4, 0.5) is 0 Å². The summed E-state index contributed by atoms with van der Waals surface area (Å²) in [7, 11) is 0. The van der Waals surface area contributed by atoms with Crippen LogP contribution < -0.4 is 0 Å². The SMILES string of the molecule is C#CC(C=C)=CC. The summed E-state index contributed by atoms with van der Waals surface area (Å²) in [5.41, 5.74) is 0.847. The molecule has 0 aliphatic carbocycles. The Morgan fingerprint density at radius 2 is 2.43 bits per heavy atom. The van der Waals surface area contributed by atoms with E-state index in [1.807, 2.05) is 13.0 Å². The third-order valence-corrected chi connectivity index (χ3v) is 0.698. The predicted octanol–water partition coefficient (Wildman–Crippen LogP) is 1.75. The van der Waals surface area contributed by atoms with Crippen molar-refractivity contribution in [3.63, 3.8) is 0 Å². The van der Waals surface area contributed by atoms with Gasteiger partial charge in [-0.25, -0.2) is 0 Å². The lowest BCUT2D eigenvalue weighted by Crippen LogP contribution is -1.62. The van der Waals surface area contributed by atoms with Gasteiger partial charge in [0.2, 0.25) is 0 Å². The molecule has 0 aromatic heterocycles. The van der Waals surface area contributed by atoms with E-state index in [0.717, 1.165) is 5.57 Å². The van der Waals surface area contributed by atoms with E-state index >= 15 is 0 Å². The highest BCUT2D eigenvalue weighted by Gasteiger charge is 1.72. The minimum Gasteiger partial charge on any atom is -0.115 e. The van der Waals surface area contributed by atoms with Gasteiger partial charge >= 0.3 is 0 Å². The summed E-state index contributed by atoms with van der Waals surface area (Å²) in [6.07, 6.45) is 8.50. The third-order valence-electron chi connectivity index (χ3n) is 0.698. The fourth-order valence-electron chi connectivity index (χ4n) is 0.260. The quantitative estimate of drug-likeness (QED) is 0.341. The zero-order valence-electron chi connectivity index (χ0n) is 4.44. The molecule has 0 N–H and O–H groups in total. The number of hydrogen-bond donors (Lipinski definition) is 0. The van der Waals surface area contributed by atoms with Crippen LogP contribution in [0.15, 0.2) is 24.3 Å². The Morgan fingerprint density at radius 3 is 2.43 bits per heavy atom. The maximum Gasteiger partial charge on any atom is 0.0194 e. The normalized spacial score (nSPS) is 10.0. The van der Waals surface area contributed by atoms with Gasteiger partial charge in [-0.05, 0) is 6.92 Å². The summed E-state index contributed by atoms with van der Waals surface area (Å²) >= 11 is 0. The molecule has 0 saturated carbocycles. The summed E-state index contributed by atoms with van der Waals surface area (Å²) < 4.78 is 0. The van der Waals surface area contributed by atoms with E-state index in [9.17, 15) is 0 Å². The first-order valence-corrected chi connectivity index (χ1v) is 2.10. The summed E-state index contributed by atoms with van der Waals surface area (Å²) in [5.74, 6) is 2.44.